The van der Waals surface area contributed by atoms with E-state index in [0.717, 1.165) is 0 Å². The van der Waals surface area contributed by atoms with Crippen molar-refractivity contribution in [2.24, 2.45) is 5.73 Å². The van der Waals surface area contributed by atoms with E-state index in [1.54, 1.807) is 0 Å². The minimum atomic E-state index is -1.09. The van der Waals surface area contributed by atoms with E-state index in [-0.39, 0.29) is 13.0 Å². The Morgan fingerprint density at radius 2 is 2.31 bits per heavy atom. The summed E-state index contributed by atoms with van der Waals surface area (Å²) in [6.07, 6.45) is 0.248. The summed E-state index contributed by atoms with van der Waals surface area (Å²) in [7, 11) is 0. The molecule has 2 rings (SSSR count). The summed E-state index contributed by atoms with van der Waals surface area (Å²) >= 11 is 0. The Kier molecular flexibility index (Phi) is 2.72. The lowest BCUT2D eigenvalue weighted by atomic mass is 10.2. The lowest BCUT2D eigenvalue weighted by Crippen LogP contribution is -2.40. The van der Waals surface area contributed by atoms with Crippen LogP contribution in [0.4, 0.5) is 14.5 Å². The molecule has 0 spiro atoms. The molecule has 6 heteroatoms. The third-order valence-corrected chi connectivity index (χ3v) is 2.62. The van der Waals surface area contributed by atoms with Crippen LogP contribution in [-0.4, -0.2) is 29.6 Å². The smallest absolute Gasteiger partial charge is 0.240 e. The van der Waals surface area contributed by atoms with Gasteiger partial charge in [0.05, 0.1) is 18.4 Å². The fraction of sp³-hybridized carbons (Fsp3) is 0.400. The van der Waals surface area contributed by atoms with Crippen LogP contribution >= 0.6 is 0 Å². The Morgan fingerprint density at radius 1 is 1.56 bits per heavy atom. The van der Waals surface area contributed by atoms with Gasteiger partial charge in [-0.05, 0) is 12.1 Å². The fourth-order valence-electron chi connectivity index (χ4n) is 1.88. The van der Waals surface area contributed by atoms with E-state index < -0.39 is 24.1 Å². The average molecular weight is 227 g/mol. The summed E-state index contributed by atoms with van der Waals surface area (Å²) in [5.74, 6) is -1.19. The highest BCUT2D eigenvalue weighted by Gasteiger charge is 2.35. The average Bonchev–Trinajstić information content (AvgIpc) is 2.61. The summed E-state index contributed by atoms with van der Waals surface area (Å²) in [4.78, 5) is 16.1. The molecular weight excluding hydrogens is 216 g/mol. The molecule has 1 aliphatic heterocycles. The number of nitrogens with zero attached hydrogens (tertiary/aromatic N) is 2. The summed E-state index contributed by atoms with van der Waals surface area (Å²) in [5, 5.41) is 0. The Bertz CT molecular complexity index is 396. The summed E-state index contributed by atoms with van der Waals surface area (Å²) < 4.78 is 25.8. The van der Waals surface area contributed by atoms with Gasteiger partial charge in [-0.25, -0.2) is 9.37 Å². The molecule has 0 radical (unpaired) electrons. The van der Waals surface area contributed by atoms with Crippen molar-refractivity contribution >= 4 is 11.6 Å². The SMILES string of the molecule is NC(=O)[C@H]1C[C@@H](F)CN1c1ccc(F)nc1. The number of amides is 1. The number of anilines is 1. The molecule has 86 valence electrons. The molecule has 2 N–H and O–H groups in total. The van der Waals surface area contributed by atoms with Crippen LogP contribution in [0.15, 0.2) is 18.3 Å². The van der Waals surface area contributed by atoms with E-state index in [9.17, 15) is 13.6 Å². The number of hydrogen-bond acceptors (Lipinski definition) is 3. The summed E-state index contributed by atoms with van der Waals surface area (Å²) in [6, 6.07) is 1.94. The Morgan fingerprint density at radius 3 is 2.88 bits per heavy atom. The predicted molar refractivity (Wildman–Crippen MR) is 54.0 cm³/mol. The maximum absolute atomic E-state index is 13.2. The van der Waals surface area contributed by atoms with Crippen molar-refractivity contribution in [2.75, 3.05) is 11.4 Å². The van der Waals surface area contributed by atoms with Gasteiger partial charge < -0.3 is 10.6 Å². The molecule has 2 atom stereocenters. The lowest BCUT2D eigenvalue weighted by molar-refractivity contribution is -0.119. The highest BCUT2D eigenvalue weighted by atomic mass is 19.1. The first kappa shape index (κ1) is 10.8. The van der Waals surface area contributed by atoms with Gasteiger partial charge in [0.15, 0.2) is 0 Å². The molecule has 1 aromatic rings. The maximum Gasteiger partial charge on any atom is 0.240 e. The first-order chi connectivity index (χ1) is 7.58. The molecule has 16 heavy (non-hydrogen) atoms. The third kappa shape index (κ3) is 1.95. The number of primary amides is 1. The van der Waals surface area contributed by atoms with Crippen molar-refractivity contribution < 1.29 is 13.6 Å². The van der Waals surface area contributed by atoms with Gasteiger partial charge in [-0.1, -0.05) is 0 Å². The standard InChI is InChI=1S/C10H11F2N3O/c11-6-3-8(10(13)16)15(5-6)7-1-2-9(12)14-4-7/h1-2,4,6,8H,3,5H2,(H2,13,16)/t6-,8-/m1/s1. The third-order valence-electron chi connectivity index (χ3n) is 2.62. The van der Waals surface area contributed by atoms with Crippen LogP contribution in [0.25, 0.3) is 0 Å². The number of aromatic nitrogens is 1. The minimum absolute atomic E-state index is 0.0761. The molecule has 0 saturated carbocycles. The van der Waals surface area contributed by atoms with Crippen LogP contribution < -0.4 is 10.6 Å². The van der Waals surface area contributed by atoms with Crippen LogP contribution in [0.5, 0.6) is 0 Å². The number of rotatable bonds is 2. The number of pyridine rings is 1. The topological polar surface area (TPSA) is 59.2 Å². The molecule has 0 unspecified atom stereocenters. The normalized spacial score (nSPS) is 24.8. The van der Waals surface area contributed by atoms with Crippen LogP contribution in [0.2, 0.25) is 0 Å². The molecule has 0 aliphatic carbocycles. The molecule has 1 aromatic heterocycles. The molecule has 2 heterocycles. The molecule has 1 fully saturated rings. The highest BCUT2D eigenvalue weighted by Crippen LogP contribution is 2.26. The van der Waals surface area contributed by atoms with E-state index in [4.69, 9.17) is 5.73 Å². The second-order valence-corrected chi connectivity index (χ2v) is 3.74. The van der Waals surface area contributed by atoms with Crippen LogP contribution in [0.3, 0.4) is 0 Å². The Labute approximate surface area is 91.1 Å². The lowest BCUT2D eigenvalue weighted by Gasteiger charge is -2.23. The molecule has 0 bridgehead atoms. The van der Waals surface area contributed by atoms with Gasteiger partial charge in [0.1, 0.15) is 12.2 Å². The van der Waals surface area contributed by atoms with Gasteiger partial charge >= 0.3 is 0 Å². The number of nitrogens with two attached hydrogens (primary N) is 1. The number of carbonyl (C=O) groups is 1. The number of carbonyl (C=O) groups excluding carboxylic acids is 1. The second kappa shape index (κ2) is 4.03. The Balaban J connectivity index is 2.25. The van der Waals surface area contributed by atoms with Crippen LogP contribution in [0.1, 0.15) is 6.42 Å². The highest BCUT2D eigenvalue weighted by molar-refractivity contribution is 5.84. The maximum atomic E-state index is 13.2. The minimum Gasteiger partial charge on any atom is -0.368 e. The van der Waals surface area contributed by atoms with E-state index in [1.165, 1.54) is 23.2 Å². The van der Waals surface area contributed by atoms with Gasteiger partial charge in [0.2, 0.25) is 11.9 Å². The molecule has 1 saturated heterocycles. The second-order valence-electron chi connectivity index (χ2n) is 3.74. The quantitative estimate of drug-likeness (QED) is 0.753. The molecule has 4 nitrogen and oxygen atoms in total. The Hall–Kier alpha value is -1.72. The van der Waals surface area contributed by atoms with Crippen molar-refractivity contribution in [3.63, 3.8) is 0 Å². The van der Waals surface area contributed by atoms with Gasteiger partial charge in [-0.15, -0.1) is 0 Å². The number of hydrogen-bond donors (Lipinski definition) is 1. The van der Waals surface area contributed by atoms with Crippen molar-refractivity contribution in [1.29, 1.82) is 0 Å². The number of alkyl halides is 1. The molecule has 1 aliphatic rings. The van der Waals surface area contributed by atoms with E-state index in [0.29, 0.717) is 5.69 Å². The van der Waals surface area contributed by atoms with E-state index in [1.807, 2.05) is 0 Å². The monoisotopic (exact) mass is 227 g/mol. The fourth-order valence-corrected chi connectivity index (χ4v) is 1.88. The van der Waals surface area contributed by atoms with Crippen molar-refractivity contribution in [1.82, 2.24) is 4.98 Å². The van der Waals surface area contributed by atoms with E-state index >= 15 is 0 Å². The van der Waals surface area contributed by atoms with Crippen LogP contribution in [0, 0.1) is 5.95 Å². The zero-order valence-corrected chi connectivity index (χ0v) is 8.44. The number of halogens is 2. The summed E-state index contributed by atoms with van der Waals surface area (Å²) in [6.45, 7) is 0.0842. The van der Waals surface area contributed by atoms with Gasteiger partial charge in [-0.2, -0.15) is 4.39 Å². The summed E-state index contributed by atoms with van der Waals surface area (Å²) in [5.41, 5.74) is 5.68. The van der Waals surface area contributed by atoms with Gasteiger partial charge in [-0.3, -0.25) is 4.79 Å². The van der Waals surface area contributed by atoms with Crippen molar-refractivity contribution in [3.05, 3.63) is 24.3 Å². The van der Waals surface area contributed by atoms with Gasteiger partial charge in [0, 0.05) is 6.42 Å². The molecular formula is C10H11F2N3O. The van der Waals surface area contributed by atoms with Crippen molar-refractivity contribution in [3.8, 4) is 0 Å². The molecule has 0 aromatic carbocycles. The molecule has 1 amide bonds. The largest absolute Gasteiger partial charge is 0.368 e. The van der Waals surface area contributed by atoms with Gasteiger partial charge in [0.25, 0.3) is 0 Å². The zero-order valence-electron chi connectivity index (χ0n) is 8.44. The first-order valence-electron chi connectivity index (χ1n) is 4.89. The predicted octanol–water partition coefficient (Wildman–Crippen LogP) is 0.623. The zero-order chi connectivity index (χ0) is 11.7. The first-order valence-corrected chi connectivity index (χ1v) is 4.89. The van der Waals surface area contributed by atoms with E-state index in [2.05, 4.69) is 4.98 Å². The van der Waals surface area contributed by atoms with Crippen LogP contribution in [-0.2, 0) is 4.79 Å². The van der Waals surface area contributed by atoms with Crippen molar-refractivity contribution in [2.45, 2.75) is 18.6 Å².